The highest BCUT2D eigenvalue weighted by Gasteiger charge is 2.95. The normalized spacial score (nSPS) is 29.7. The first-order chi connectivity index (χ1) is 20.9. The summed E-state index contributed by atoms with van der Waals surface area (Å²) >= 11 is 0. The van der Waals surface area contributed by atoms with Crippen LogP contribution < -0.4 is 0 Å². The van der Waals surface area contributed by atoms with Crippen LogP contribution in [0.1, 0.15) is 62.5 Å². The van der Waals surface area contributed by atoms with Crippen molar-refractivity contribution in [1.82, 2.24) is 0 Å². The molecule has 2 saturated carbocycles. The van der Waals surface area contributed by atoms with Crippen molar-refractivity contribution < 1.29 is 84.9 Å². The monoisotopic (exact) mass is 718 g/mol. The number of fused-ring (bicyclic) bond motifs is 5. The lowest BCUT2D eigenvalue weighted by Crippen LogP contribution is -2.74. The van der Waals surface area contributed by atoms with Crippen molar-refractivity contribution in [3.8, 4) is 5.75 Å². The van der Waals surface area contributed by atoms with E-state index in [4.69, 9.17) is 0 Å². The van der Waals surface area contributed by atoms with Gasteiger partial charge in [0.15, 0.2) is 0 Å². The minimum Gasteiger partial charge on any atom is -0.508 e. The van der Waals surface area contributed by atoms with Gasteiger partial charge in [-0.15, -0.1) is 0 Å². The van der Waals surface area contributed by atoms with Gasteiger partial charge in [-0.2, -0.15) is 74.6 Å². The molecule has 270 valence electrons. The van der Waals surface area contributed by atoms with Gasteiger partial charge in [-0.25, -0.2) is 0 Å². The average molecular weight is 718 g/mol. The molecule has 0 unspecified atom stereocenters. The lowest BCUT2D eigenvalue weighted by Gasteiger charge is -2.54. The van der Waals surface area contributed by atoms with E-state index in [9.17, 15) is 84.9 Å². The van der Waals surface area contributed by atoms with Crippen LogP contribution in [0.4, 0.5) is 74.6 Å². The van der Waals surface area contributed by atoms with Gasteiger partial charge in [-0.3, -0.25) is 0 Å². The highest BCUT2D eigenvalue weighted by atomic mass is 19.4. The Morgan fingerprint density at radius 1 is 0.702 bits per heavy atom. The average Bonchev–Trinajstić information content (AvgIpc) is 3.23. The Morgan fingerprint density at radius 3 is 1.74 bits per heavy atom. The molecular formula is C28H27F17O2. The molecule has 2 nitrogen and oxygen atoms in total. The molecule has 3 aliphatic rings. The van der Waals surface area contributed by atoms with Crippen LogP contribution in [0.25, 0.3) is 0 Å². The van der Waals surface area contributed by atoms with Gasteiger partial charge in [-0.1, -0.05) is 13.0 Å². The largest absolute Gasteiger partial charge is 0.508 e. The molecule has 19 heteroatoms. The number of phenols is 1. The Bertz CT molecular complexity index is 1340. The fourth-order valence-corrected chi connectivity index (χ4v) is 7.85. The van der Waals surface area contributed by atoms with Gasteiger partial charge in [0, 0.05) is 6.42 Å². The summed E-state index contributed by atoms with van der Waals surface area (Å²) in [5.41, 5.74) is -0.0563. The standard InChI is InChI=1S/C28H27F17O2/c1-20-11-13(19-15-5-3-14(46)10-12(15)2-4-16(19)17(20)6-7-18(20)47)8-9-21(29,30)22(31,32)23(33,34)24(35,36)25(37,38)26(39,40)27(41,42)28(43,44)45/h3,5,10,13,16-19,46-47H,2,4,6-9,11H2,1H3/t13-,16-,17-,18-,19+,20-/m0/s1. The molecule has 0 spiro atoms. The topological polar surface area (TPSA) is 40.5 Å². The number of benzene rings is 1. The van der Waals surface area contributed by atoms with Crippen LogP contribution >= 0.6 is 0 Å². The van der Waals surface area contributed by atoms with Crippen LogP contribution in [0, 0.1) is 23.2 Å². The maximum absolute atomic E-state index is 14.9. The van der Waals surface area contributed by atoms with E-state index in [-0.39, 0.29) is 24.5 Å². The maximum atomic E-state index is 14.9. The molecule has 1 aromatic carbocycles. The first-order valence-corrected chi connectivity index (χ1v) is 14.2. The third-order valence-corrected chi connectivity index (χ3v) is 10.4. The smallest absolute Gasteiger partial charge is 0.460 e. The third kappa shape index (κ3) is 5.07. The van der Waals surface area contributed by atoms with E-state index in [0.29, 0.717) is 30.4 Å². The van der Waals surface area contributed by atoms with Crippen LogP contribution in [0.3, 0.4) is 0 Å². The van der Waals surface area contributed by atoms with E-state index in [1.807, 2.05) is 0 Å². The fraction of sp³-hybridized carbons (Fsp3) is 0.786. The van der Waals surface area contributed by atoms with Crippen molar-refractivity contribution >= 4 is 0 Å². The molecular weight excluding hydrogens is 691 g/mol. The summed E-state index contributed by atoms with van der Waals surface area (Å²) in [5, 5.41) is 20.6. The molecule has 0 aliphatic heterocycles. The van der Waals surface area contributed by atoms with Gasteiger partial charge in [0.05, 0.1) is 6.10 Å². The van der Waals surface area contributed by atoms with Crippen molar-refractivity contribution in [1.29, 1.82) is 0 Å². The van der Waals surface area contributed by atoms with Gasteiger partial charge in [-0.05, 0) is 90.9 Å². The van der Waals surface area contributed by atoms with E-state index < -0.39 is 89.7 Å². The van der Waals surface area contributed by atoms with Crippen LogP contribution in [-0.4, -0.2) is 64.0 Å². The van der Waals surface area contributed by atoms with Crippen LogP contribution in [0.5, 0.6) is 5.75 Å². The summed E-state index contributed by atoms with van der Waals surface area (Å²) in [4.78, 5) is 0. The van der Waals surface area contributed by atoms with E-state index in [1.165, 1.54) is 18.2 Å². The van der Waals surface area contributed by atoms with E-state index in [2.05, 4.69) is 0 Å². The molecule has 0 aromatic heterocycles. The number of aryl methyl sites for hydroxylation is 1. The SMILES string of the molecule is C[C@]12C[C@H](CCC(F)(F)C(F)(F)C(F)(F)C(F)(F)C(F)(F)C(F)(F)C(F)(F)C(F)(F)F)[C@@H]3c4ccc(O)cc4CC[C@H]3[C@@H]1CC[C@@H]2O. The second kappa shape index (κ2) is 10.9. The maximum Gasteiger partial charge on any atom is 0.460 e. The lowest BCUT2D eigenvalue weighted by atomic mass is 9.51. The fourth-order valence-electron chi connectivity index (χ4n) is 7.85. The minimum atomic E-state index is -8.65. The number of alkyl halides is 17. The van der Waals surface area contributed by atoms with Crippen molar-refractivity contribution in [2.75, 3.05) is 0 Å². The van der Waals surface area contributed by atoms with Crippen LogP contribution in [-0.2, 0) is 6.42 Å². The second-order valence-electron chi connectivity index (χ2n) is 13.0. The zero-order valence-corrected chi connectivity index (χ0v) is 23.9. The summed E-state index contributed by atoms with van der Waals surface area (Å²) in [5.74, 6) is -59.3. The molecule has 0 radical (unpaired) electrons. The predicted octanol–water partition coefficient (Wildman–Crippen LogP) is 9.62. The third-order valence-electron chi connectivity index (χ3n) is 10.4. The molecule has 0 amide bonds. The Morgan fingerprint density at radius 2 is 1.21 bits per heavy atom. The Hall–Kier alpha value is -2.21. The Labute approximate surface area is 255 Å². The number of phenolic OH excluding ortho intramolecular Hbond substituents is 1. The summed E-state index contributed by atoms with van der Waals surface area (Å²) < 4.78 is 234. The molecule has 1 aromatic rings. The van der Waals surface area contributed by atoms with E-state index in [0.717, 1.165) is 0 Å². The highest BCUT2D eigenvalue weighted by molar-refractivity contribution is 5.40. The number of halogens is 17. The molecule has 47 heavy (non-hydrogen) atoms. The summed E-state index contributed by atoms with van der Waals surface area (Å²) in [7, 11) is 0. The predicted molar refractivity (Wildman–Crippen MR) is 128 cm³/mol. The van der Waals surface area contributed by atoms with E-state index in [1.54, 1.807) is 6.92 Å². The number of aliphatic hydroxyl groups is 1. The molecule has 0 saturated heterocycles. The first-order valence-electron chi connectivity index (χ1n) is 14.2. The quantitative estimate of drug-likeness (QED) is 0.250. The minimum absolute atomic E-state index is 0.194. The van der Waals surface area contributed by atoms with Crippen molar-refractivity contribution in [2.45, 2.75) is 112 Å². The van der Waals surface area contributed by atoms with Crippen LogP contribution in [0.15, 0.2) is 18.2 Å². The van der Waals surface area contributed by atoms with Crippen molar-refractivity contribution in [3.05, 3.63) is 29.3 Å². The molecule has 0 heterocycles. The summed E-state index contributed by atoms with van der Waals surface area (Å²) in [6.07, 6.45) is -11.3. The zero-order chi connectivity index (χ0) is 36.2. The summed E-state index contributed by atoms with van der Waals surface area (Å²) in [6.45, 7) is 1.57. The van der Waals surface area contributed by atoms with Crippen LogP contribution in [0.2, 0.25) is 0 Å². The Kier molecular flexibility index (Phi) is 8.72. The molecule has 3 aliphatic carbocycles. The second-order valence-corrected chi connectivity index (χ2v) is 13.0. The van der Waals surface area contributed by atoms with Crippen molar-refractivity contribution in [3.63, 3.8) is 0 Å². The number of hydrogen-bond acceptors (Lipinski definition) is 2. The van der Waals surface area contributed by atoms with Gasteiger partial charge in [0.25, 0.3) is 0 Å². The van der Waals surface area contributed by atoms with Gasteiger partial charge in [0.1, 0.15) is 5.75 Å². The highest BCUT2D eigenvalue weighted by Crippen LogP contribution is 2.66. The summed E-state index contributed by atoms with van der Waals surface area (Å²) in [6, 6.07) is 3.96. The van der Waals surface area contributed by atoms with E-state index >= 15 is 0 Å². The van der Waals surface area contributed by atoms with Gasteiger partial charge in [0.2, 0.25) is 0 Å². The van der Waals surface area contributed by atoms with Crippen molar-refractivity contribution in [2.24, 2.45) is 23.2 Å². The number of rotatable bonds is 9. The number of aromatic hydroxyl groups is 1. The zero-order valence-electron chi connectivity index (χ0n) is 23.9. The molecule has 4 rings (SSSR count). The van der Waals surface area contributed by atoms with Gasteiger partial charge >= 0.3 is 47.6 Å². The first kappa shape index (κ1) is 37.6. The lowest BCUT2D eigenvalue weighted by molar-refractivity contribution is -0.461. The molecule has 2 N–H and O–H groups in total. The molecule has 0 bridgehead atoms. The number of hydrogen-bond donors (Lipinski definition) is 2. The number of aliphatic hydroxyl groups excluding tert-OH is 1. The molecule has 2 fully saturated rings. The molecule has 6 atom stereocenters. The Balaban J connectivity index is 1.68. The van der Waals surface area contributed by atoms with Gasteiger partial charge < -0.3 is 10.2 Å².